The van der Waals surface area contributed by atoms with E-state index in [-0.39, 0.29) is 5.91 Å². The summed E-state index contributed by atoms with van der Waals surface area (Å²) < 4.78 is 0. The number of aromatic nitrogens is 1. The summed E-state index contributed by atoms with van der Waals surface area (Å²) in [6.45, 7) is 1.96. The average Bonchev–Trinajstić information content (AvgIpc) is 2.67. The molecule has 1 aromatic carbocycles. The van der Waals surface area contributed by atoms with Crippen LogP contribution in [0.5, 0.6) is 0 Å². The highest BCUT2D eigenvalue weighted by Crippen LogP contribution is 2.17. The SMILES string of the molecule is Cc1cnc(NC(=O)Cc2ccc(S)cc2)s1. The summed E-state index contributed by atoms with van der Waals surface area (Å²) in [5.74, 6) is -0.0498. The first-order valence-electron chi connectivity index (χ1n) is 5.13. The highest BCUT2D eigenvalue weighted by Gasteiger charge is 2.06. The average molecular weight is 264 g/mol. The van der Waals surface area contributed by atoms with Crippen LogP contribution >= 0.6 is 24.0 Å². The second-order valence-electron chi connectivity index (χ2n) is 3.67. The first kappa shape index (κ1) is 12.1. The summed E-state index contributed by atoms with van der Waals surface area (Å²) in [6.07, 6.45) is 2.10. The molecule has 0 aliphatic rings. The number of hydrogen-bond acceptors (Lipinski definition) is 4. The molecule has 0 bridgehead atoms. The van der Waals surface area contributed by atoms with Crippen LogP contribution in [0.2, 0.25) is 0 Å². The second kappa shape index (κ2) is 5.33. The first-order chi connectivity index (χ1) is 8.13. The third-order valence-corrected chi connectivity index (χ3v) is 3.29. The molecular formula is C12H12N2OS2. The van der Waals surface area contributed by atoms with Crippen molar-refractivity contribution in [2.75, 3.05) is 5.32 Å². The Balaban J connectivity index is 1.95. The number of benzene rings is 1. The van der Waals surface area contributed by atoms with Crippen LogP contribution in [-0.4, -0.2) is 10.9 Å². The standard InChI is InChI=1S/C12H12N2OS2/c1-8-7-13-12(17-8)14-11(15)6-9-2-4-10(16)5-3-9/h2-5,7,16H,6H2,1H3,(H,13,14,15). The van der Waals surface area contributed by atoms with Gasteiger partial charge in [0.15, 0.2) is 5.13 Å². The lowest BCUT2D eigenvalue weighted by Gasteiger charge is -2.02. The fourth-order valence-electron chi connectivity index (χ4n) is 1.38. The number of thiazole rings is 1. The number of rotatable bonds is 3. The maximum Gasteiger partial charge on any atom is 0.230 e. The van der Waals surface area contributed by atoms with Crippen LogP contribution in [0, 0.1) is 6.92 Å². The summed E-state index contributed by atoms with van der Waals surface area (Å²) in [5, 5.41) is 3.43. The van der Waals surface area contributed by atoms with E-state index in [0.29, 0.717) is 11.6 Å². The topological polar surface area (TPSA) is 42.0 Å². The van der Waals surface area contributed by atoms with Crippen LogP contribution in [0.15, 0.2) is 35.4 Å². The van der Waals surface area contributed by atoms with E-state index >= 15 is 0 Å². The number of nitrogens with zero attached hydrogens (tertiary/aromatic N) is 1. The molecule has 5 heteroatoms. The van der Waals surface area contributed by atoms with Gasteiger partial charge in [-0.05, 0) is 24.6 Å². The van der Waals surface area contributed by atoms with E-state index in [1.165, 1.54) is 11.3 Å². The molecular weight excluding hydrogens is 252 g/mol. The Morgan fingerprint density at radius 1 is 1.41 bits per heavy atom. The number of aryl methyl sites for hydroxylation is 1. The molecule has 17 heavy (non-hydrogen) atoms. The largest absolute Gasteiger partial charge is 0.302 e. The van der Waals surface area contributed by atoms with Crippen molar-refractivity contribution in [1.29, 1.82) is 0 Å². The van der Waals surface area contributed by atoms with Crippen molar-refractivity contribution in [3.8, 4) is 0 Å². The van der Waals surface area contributed by atoms with Gasteiger partial charge in [0.05, 0.1) is 6.42 Å². The lowest BCUT2D eigenvalue weighted by atomic mass is 10.1. The van der Waals surface area contributed by atoms with Crippen molar-refractivity contribution >= 4 is 35.0 Å². The molecule has 2 rings (SSSR count). The number of carbonyl (C=O) groups is 1. The molecule has 0 aliphatic carbocycles. The van der Waals surface area contributed by atoms with Crippen LogP contribution in [0.3, 0.4) is 0 Å². The van der Waals surface area contributed by atoms with E-state index in [0.717, 1.165) is 15.3 Å². The predicted octanol–water partition coefficient (Wildman–Crippen LogP) is 2.92. The summed E-state index contributed by atoms with van der Waals surface area (Å²) in [7, 11) is 0. The molecule has 0 saturated heterocycles. The first-order valence-corrected chi connectivity index (χ1v) is 6.40. The molecule has 0 aliphatic heterocycles. The Morgan fingerprint density at radius 3 is 2.71 bits per heavy atom. The maximum absolute atomic E-state index is 11.7. The predicted molar refractivity (Wildman–Crippen MR) is 72.9 cm³/mol. The molecule has 0 unspecified atom stereocenters. The van der Waals surface area contributed by atoms with Gasteiger partial charge in [-0.2, -0.15) is 0 Å². The highest BCUT2D eigenvalue weighted by molar-refractivity contribution is 7.80. The van der Waals surface area contributed by atoms with Crippen molar-refractivity contribution in [2.24, 2.45) is 0 Å². The zero-order valence-electron chi connectivity index (χ0n) is 9.30. The van der Waals surface area contributed by atoms with Gasteiger partial charge in [0.1, 0.15) is 0 Å². The third-order valence-electron chi connectivity index (χ3n) is 2.17. The summed E-state index contributed by atoms with van der Waals surface area (Å²) in [6, 6.07) is 7.54. The minimum Gasteiger partial charge on any atom is -0.302 e. The van der Waals surface area contributed by atoms with E-state index in [4.69, 9.17) is 0 Å². The Hall–Kier alpha value is -1.33. The molecule has 2 aromatic rings. The van der Waals surface area contributed by atoms with Gasteiger partial charge >= 0.3 is 0 Å². The van der Waals surface area contributed by atoms with Crippen LogP contribution in [0.4, 0.5) is 5.13 Å². The lowest BCUT2D eigenvalue weighted by molar-refractivity contribution is -0.115. The number of nitrogens with one attached hydrogen (secondary N) is 1. The molecule has 3 nitrogen and oxygen atoms in total. The molecule has 0 radical (unpaired) electrons. The third kappa shape index (κ3) is 3.57. The molecule has 0 saturated carbocycles. The van der Waals surface area contributed by atoms with Crippen LogP contribution in [-0.2, 0) is 11.2 Å². The number of hydrogen-bond donors (Lipinski definition) is 2. The molecule has 88 valence electrons. The van der Waals surface area contributed by atoms with Gasteiger partial charge < -0.3 is 5.32 Å². The van der Waals surface area contributed by atoms with E-state index < -0.39 is 0 Å². The Bertz CT molecular complexity index is 520. The normalized spacial score (nSPS) is 10.2. The number of thiol groups is 1. The van der Waals surface area contributed by atoms with Crippen LogP contribution in [0.1, 0.15) is 10.4 Å². The second-order valence-corrected chi connectivity index (χ2v) is 5.42. The van der Waals surface area contributed by atoms with Crippen molar-refractivity contribution in [1.82, 2.24) is 4.98 Å². The quantitative estimate of drug-likeness (QED) is 0.837. The molecule has 0 fully saturated rings. The molecule has 0 atom stereocenters. The Morgan fingerprint density at radius 2 is 2.12 bits per heavy atom. The Labute approximate surface area is 109 Å². The van der Waals surface area contributed by atoms with Gasteiger partial charge in [-0.25, -0.2) is 4.98 Å². The minimum atomic E-state index is -0.0498. The highest BCUT2D eigenvalue weighted by atomic mass is 32.1. The van der Waals surface area contributed by atoms with Crippen LogP contribution in [0.25, 0.3) is 0 Å². The van der Waals surface area contributed by atoms with Gasteiger partial charge in [-0.3, -0.25) is 4.79 Å². The Kier molecular flexibility index (Phi) is 3.81. The van der Waals surface area contributed by atoms with Gasteiger partial charge in [-0.15, -0.1) is 24.0 Å². The molecule has 1 N–H and O–H groups in total. The number of amides is 1. The van der Waals surface area contributed by atoms with E-state index in [1.54, 1.807) is 6.20 Å². The van der Waals surface area contributed by atoms with Crippen molar-refractivity contribution in [3.63, 3.8) is 0 Å². The zero-order chi connectivity index (χ0) is 12.3. The van der Waals surface area contributed by atoms with Crippen molar-refractivity contribution in [2.45, 2.75) is 18.2 Å². The fourth-order valence-corrected chi connectivity index (χ4v) is 2.20. The van der Waals surface area contributed by atoms with Crippen molar-refractivity contribution in [3.05, 3.63) is 40.9 Å². The number of anilines is 1. The lowest BCUT2D eigenvalue weighted by Crippen LogP contribution is -2.13. The molecule has 1 heterocycles. The molecule has 1 aromatic heterocycles. The van der Waals surface area contributed by atoms with Gasteiger partial charge in [0, 0.05) is 16.0 Å². The van der Waals surface area contributed by atoms with Crippen LogP contribution < -0.4 is 5.32 Å². The zero-order valence-corrected chi connectivity index (χ0v) is 11.0. The van der Waals surface area contributed by atoms with Gasteiger partial charge in [0.25, 0.3) is 0 Å². The molecule has 0 spiro atoms. The summed E-state index contributed by atoms with van der Waals surface area (Å²) in [4.78, 5) is 17.8. The number of carbonyl (C=O) groups excluding carboxylic acids is 1. The summed E-state index contributed by atoms with van der Waals surface area (Å²) >= 11 is 5.67. The summed E-state index contributed by atoms with van der Waals surface area (Å²) in [5.41, 5.74) is 0.966. The monoisotopic (exact) mass is 264 g/mol. The smallest absolute Gasteiger partial charge is 0.230 e. The van der Waals surface area contributed by atoms with E-state index in [2.05, 4.69) is 22.9 Å². The van der Waals surface area contributed by atoms with Gasteiger partial charge in [-0.1, -0.05) is 12.1 Å². The minimum absolute atomic E-state index is 0.0498. The van der Waals surface area contributed by atoms with Crippen molar-refractivity contribution < 1.29 is 4.79 Å². The maximum atomic E-state index is 11.7. The van der Waals surface area contributed by atoms with Gasteiger partial charge in [0.2, 0.25) is 5.91 Å². The van der Waals surface area contributed by atoms with E-state index in [9.17, 15) is 4.79 Å². The van der Waals surface area contributed by atoms with E-state index in [1.807, 2.05) is 31.2 Å². The molecule has 1 amide bonds. The fraction of sp³-hybridized carbons (Fsp3) is 0.167.